The van der Waals surface area contributed by atoms with Crippen molar-refractivity contribution in [3.05, 3.63) is 48.2 Å². The lowest BCUT2D eigenvalue weighted by Gasteiger charge is -2.32. The Morgan fingerprint density at radius 3 is 2.47 bits per heavy atom. The van der Waals surface area contributed by atoms with Gasteiger partial charge in [-0.25, -0.2) is 4.98 Å². The van der Waals surface area contributed by atoms with Gasteiger partial charge in [-0.2, -0.15) is 0 Å². The highest BCUT2D eigenvalue weighted by Crippen LogP contribution is 2.33. The summed E-state index contributed by atoms with van der Waals surface area (Å²) < 4.78 is 33.2. The van der Waals surface area contributed by atoms with Crippen molar-refractivity contribution in [1.29, 1.82) is 0 Å². The summed E-state index contributed by atoms with van der Waals surface area (Å²) in [6.07, 6.45) is 5.16. The number of pyridine rings is 1. The summed E-state index contributed by atoms with van der Waals surface area (Å²) >= 11 is 0. The zero-order valence-electron chi connectivity index (χ0n) is 19.6. The number of anilines is 1. The topological polar surface area (TPSA) is 93.9 Å². The predicted molar refractivity (Wildman–Crippen MR) is 133 cm³/mol. The first kappa shape index (κ1) is 23.4. The van der Waals surface area contributed by atoms with Gasteiger partial charge in [0.25, 0.3) is 0 Å². The lowest BCUT2D eigenvalue weighted by molar-refractivity contribution is 0.122. The fourth-order valence-electron chi connectivity index (χ4n) is 4.98. The number of benzene rings is 1. The van der Waals surface area contributed by atoms with E-state index in [1.165, 1.54) is 6.26 Å². The Hall–Kier alpha value is -2.30. The van der Waals surface area contributed by atoms with E-state index in [9.17, 15) is 13.9 Å². The molecule has 182 valence electrons. The van der Waals surface area contributed by atoms with Crippen LogP contribution in [-0.2, 0) is 32.5 Å². The summed E-state index contributed by atoms with van der Waals surface area (Å²) in [6.45, 7) is 5.06. The average Bonchev–Trinajstić information content (AvgIpc) is 3.26. The Morgan fingerprint density at radius 2 is 1.82 bits per heavy atom. The van der Waals surface area contributed by atoms with Crippen LogP contribution >= 0.6 is 0 Å². The molecule has 0 bridgehead atoms. The summed E-state index contributed by atoms with van der Waals surface area (Å²) in [5.41, 5.74) is 3.94. The van der Waals surface area contributed by atoms with Crippen LogP contribution in [0.3, 0.4) is 0 Å². The molecular formula is C25H32N4O4S. The minimum absolute atomic E-state index is 0.0206. The number of aromatic nitrogens is 2. The molecular weight excluding hydrogens is 452 g/mol. The van der Waals surface area contributed by atoms with Crippen molar-refractivity contribution >= 4 is 27.1 Å². The molecule has 0 spiro atoms. The molecule has 2 aliphatic heterocycles. The van der Waals surface area contributed by atoms with E-state index in [1.54, 1.807) is 4.31 Å². The van der Waals surface area contributed by atoms with Crippen LogP contribution in [0.4, 0.5) is 5.82 Å². The highest BCUT2D eigenvalue weighted by molar-refractivity contribution is 7.94. The monoisotopic (exact) mass is 484 g/mol. The van der Waals surface area contributed by atoms with Gasteiger partial charge < -0.3 is 23.9 Å². The number of fused-ring (bicyclic) bond motifs is 1. The Morgan fingerprint density at radius 1 is 1.12 bits per heavy atom. The number of piperidine rings is 1. The largest absolute Gasteiger partial charge is 0.598 e. The van der Waals surface area contributed by atoms with E-state index in [-0.39, 0.29) is 6.61 Å². The smallest absolute Gasteiger partial charge is 0.138 e. The van der Waals surface area contributed by atoms with Crippen LogP contribution in [0.15, 0.2) is 42.6 Å². The molecule has 4 heterocycles. The third kappa shape index (κ3) is 4.89. The van der Waals surface area contributed by atoms with Crippen LogP contribution in [0.25, 0.3) is 22.2 Å². The van der Waals surface area contributed by atoms with Crippen molar-refractivity contribution in [3.63, 3.8) is 0 Å². The number of aliphatic hydroxyl groups is 1. The van der Waals surface area contributed by atoms with Crippen molar-refractivity contribution in [1.82, 2.24) is 13.9 Å². The number of sulfonamides is 1. The second-order valence-electron chi connectivity index (χ2n) is 9.29. The van der Waals surface area contributed by atoms with Gasteiger partial charge in [-0.1, -0.05) is 28.5 Å². The van der Waals surface area contributed by atoms with Gasteiger partial charge in [0.1, 0.15) is 22.5 Å². The molecule has 1 unspecified atom stereocenters. The number of ether oxygens (including phenoxy) is 1. The maximum atomic E-state index is 11.9. The first-order valence-electron chi connectivity index (χ1n) is 11.9. The molecule has 2 aliphatic rings. The maximum Gasteiger partial charge on any atom is 0.138 e. The highest BCUT2D eigenvalue weighted by Gasteiger charge is 2.29. The SMILES string of the molecule is C[S+](=O)([O-])N1CCC(Cn2ccc3c(N4CCOCC4)nc(-c4ccc(CO)cc4)cc32)CC1. The van der Waals surface area contributed by atoms with Crippen molar-refractivity contribution in [2.75, 3.05) is 50.5 Å². The van der Waals surface area contributed by atoms with Crippen LogP contribution in [0, 0.1) is 5.92 Å². The molecule has 34 heavy (non-hydrogen) atoms. The van der Waals surface area contributed by atoms with E-state index >= 15 is 0 Å². The molecule has 0 radical (unpaired) electrons. The molecule has 1 aromatic carbocycles. The number of morpholine rings is 1. The third-order valence-electron chi connectivity index (χ3n) is 6.99. The summed E-state index contributed by atoms with van der Waals surface area (Å²) in [6, 6.07) is 12.2. The normalized spacial score (nSPS) is 20.0. The zero-order chi connectivity index (χ0) is 23.7. The summed E-state index contributed by atoms with van der Waals surface area (Å²) in [5, 5.41) is 10.5. The molecule has 2 fully saturated rings. The molecule has 5 rings (SSSR count). The van der Waals surface area contributed by atoms with E-state index in [0.29, 0.717) is 32.2 Å². The van der Waals surface area contributed by atoms with Gasteiger partial charge in [0, 0.05) is 49.9 Å². The molecule has 0 aliphatic carbocycles. The number of rotatable bonds is 6. The minimum Gasteiger partial charge on any atom is -0.598 e. The predicted octanol–water partition coefficient (Wildman–Crippen LogP) is 2.92. The van der Waals surface area contributed by atoms with Gasteiger partial charge in [0.05, 0.1) is 31.0 Å². The Bertz CT molecular complexity index is 1180. The van der Waals surface area contributed by atoms with E-state index in [1.807, 2.05) is 24.3 Å². The van der Waals surface area contributed by atoms with Crippen molar-refractivity contribution in [2.24, 2.45) is 5.92 Å². The fraction of sp³-hybridized carbons (Fsp3) is 0.480. The van der Waals surface area contributed by atoms with E-state index in [4.69, 9.17) is 9.72 Å². The van der Waals surface area contributed by atoms with E-state index < -0.39 is 10.4 Å². The standard InChI is InChI=1S/C25H32N4O4S/c1-34(31,32)29-10-6-19(7-11-29)17-28-9-8-22-24(28)16-23(21-4-2-20(18-30)3-5-21)26-25(22)27-12-14-33-15-13-27/h2-5,8-9,16,19,30H,6-7,10-15,17-18H2,1H3. The number of hydrogen-bond donors (Lipinski definition) is 1. The first-order valence-corrected chi connectivity index (χ1v) is 13.7. The maximum absolute atomic E-state index is 11.9. The fourth-order valence-corrected chi connectivity index (χ4v) is 5.85. The van der Waals surface area contributed by atoms with Crippen molar-refractivity contribution in [2.45, 2.75) is 26.0 Å². The Kier molecular flexibility index (Phi) is 6.72. The lowest BCUT2D eigenvalue weighted by atomic mass is 9.98. The molecule has 2 saturated heterocycles. The van der Waals surface area contributed by atoms with E-state index in [2.05, 4.69) is 27.8 Å². The molecule has 9 heteroatoms. The zero-order valence-corrected chi connectivity index (χ0v) is 20.4. The first-order chi connectivity index (χ1) is 16.4. The van der Waals surface area contributed by atoms with Gasteiger partial charge in [-0.05, 0) is 36.5 Å². The van der Waals surface area contributed by atoms with Crippen LogP contribution in [0.5, 0.6) is 0 Å². The van der Waals surface area contributed by atoms with E-state index in [0.717, 1.165) is 66.0 Å². The number of nitrogens with zero attached hydrogens (tertiary/aromatic N) is 4. The average molecular weight is 485 g/mol. The summed E-state index contributed by atoms with van der Waals surface area (Å²) in [4.78, 5) is 7.37. The molecule has 0 saturated carbocycles. The molecule has 1 atom stereocenters. The van der Waals surface area contributed by atoms with Crippen LogP contribution in [0.1, 0.15) is 18.4 Å². The third-order valence-corrected chi connectivity index (χ3v) is 8.29. The highest BCUT2D eigenvalue weighted by atomic mass is 32.3. The summed E-state index contributed by atoms with van der Waals surface area (Å²) in [5.74, 6) is 1.41. The van der Waals surface area contributed by atoms with Crippen molar-refractivity contribution in [3.8, 4) is 11.3 Å². The van der Waals surface area contributed by atoms with Gasteiger partial charge in [-0.15, -0.1) is 4.31 Å². The van der Waals surface area contributed by atoms with Gasteiger partial charge in [-0.3, -0.25) is 0 Å². The number of hydrogen-bond acceptors (Lipinski definition) is 6. The molecule has 2 aromatic heterocycles. The second-order valence-corrected chi connectivity index (χ2v) is 11.3. The summed E-state index contributed by atoms with van der Waals surface area (Å²) in [7, 11) is -3.12. The van der Waals surface area contributed by atoms with Crippen LogP contribution < -0.4 is 4.90 Å². The van der Waals surface area contributed by atoms with Gasteiger partial charge >= 0.3 is 0 Å². The van der Waals surface area contributed by atoms with Gasteiger partial charge in [0.15, 0.2) is 0 Å². The Balaban J connectivity index is 1.47. The quantitative estimate of drug-likeness (QED) is 0.541. The number of aliphatic hydroxyl groups excluding tert-OH is 1. The minimum atomic E-state index is -3.12. The molecule has 1 N–H and O–H groups in total. The lowest BCUT2D eigenvalue weighted by Crippen LogP contribution is -2.41. The molecule has 8 nitrogen and oxygen atoms in total. The second kappa shape index (κ2) is 9.75. The van der Waals surface area contributed by atoms with Crippen molar-refractivity contribution < 1.29 is 18.6 Å². The van der Waals surface area contributed by atoms with Crippen LogP contribution in [-0.4, -0.2) is 69.2 Å². The van der Waals surface area contributed by atoms with Crippen LogP contribution in [0.2, 0.25) is 0 Å². The van der Waals surface area contributed by atoms with Gasteiger partial charge in [0.2, 0.25) is 0 Å². The molecule has 3 aromatic rings. The Labute approximate surface area is 201 Å². The molecule has 0 amide bonds.